The van der Waals surface area contributed by atoms with Gasteiger partial charge in [0.15, 0.2) is 5.69 Å². The van der Waals surface area contributed by atoms with Crippen molar-refractivity contribution in [1.82, 2.24) is 0 Å². The summed E-state index contributed by atoms with van der Waals surface area (Å²) in [6.07, 6.45) is 0. The van der Waals surface area contributed by atoms with Crippen LogP contribution in [-0.2, 0) is 0 Å². The lowest BCUT2D eigenvalue weighted by Crippen LogP contribution is -1.98. The average molecular weight is 187 g/mol. The molecule has 0 fully saturated rings. The van der Waals surface area contributed by atoms with E-state index in [2.05, 4.69) is 38.6 Å². The summed E-state index contributed by atoms with van der Waals surface area (Å²) in [5, 5.41) is 0. The van der Waals surface area contributed by atoms with Crippen LogP contribution in [0.15, 0.2) is 18.2 Å². The van der Waals surface area contributed by atoms with Gasteiger partial charge in [-0.3, -0.25) is 0 Å². The Balaban J connectivity index is 3.38. The molecule has 14 heavy (non-hydrogen) atoms. The van der Waals surface area contributed by atoms with Gasteiger partial charge in [0, 0.05) is 0 Å². The fourth-order valence-electron chi connectivity index (χ4n) is 1.80. The van der Waals surface area contributed by atoms with E-state index in [1.54, 1.807) is 0 Å². The van der Waals surface area contributed by atoms with Crippen LogP contribution in [0.4, 0.5) is 5.69 Å². The second-order valence-electron chi connectivity index (χ2n) is 4.20. The SMILES string of the molecule is [C-]#[N+]c1cccc(C(C)C)c1C(C)C. The van der Waals surface area contributed by atoms with E-state index >= 15 is 0 Å². The van der Waals surface area contributed by atoms with Crippen molar-refractivity contribution in [2.24, 2.45) is 0 Å². The molecular formula is C13H17N. The van der Waals surface area contributed by atoms with Crippen molar-refractivity contribution >= 4 is 5.69 Å². The zero-order valence-corrected chi connectivity index (χ0v) is 9.33. The summed E-state index contributed by atoms with van der Waals surface area (Å²) in [7, 11) is 0. The number of hydrogen-bond donors (Lipinski definition) is 0. The van der Waals surface area contributed by atoms with E-state index < -0.39 is 0 Å². The van der Waals surface area contributed by atoms with Gasteiger partial charge in [-0.05, 0) is 17.4 Å². The van der Waals surface area contributed by atoms with Crippen LogP contribution in [-0.4, -0.2) is 0 Å². The zero-order chi connectivity index (χ0) is 10.7. The molecule has 1 nitrogen and oxygen atoms in total. The van der Waals surface area contributed by atoms with Crippen LogP contribution in [0, 0.1) is 6.57 Å². The van der Waals surface area contributed by atoms with E-state index in [0.29, 0.717) is 11.8 Å². The smallest absolute Gasteiger partial charge is 0.190 e. The van der Waals surface area contributed by atoms with Gasteiger partial charge >= 0.3 is 0 Å². The molecule has 0 aliphatic heterocycles. The van der Waals surface area contributed by atoms with Gasteiger partial charge < -0.3 is 0 Å². The Morgan fingerprint density at radius 2 is 1.71 bits per heavy atom. The van der Waals surface area contributed by atoms with Crippen molar-refractivity contribution < 1.29 is 0 Å². The summed E-state index contributed by atoms with van der Waals surface area (Å²) in [5.41, 5.74) is 3.34. The standard InChI is InChI=1S/C13H17N/c1-9(2)11-7-6-8-12(14-5)13(11)10(3)4/h6-10H,1-4H3. The Morgan fingerprint density at radius 1 is 1.07 bits per heavy atom. The maximum atomic E-state index is 7.14. The highest BCUT2D eigenvalue weighted by Crippen LogP contribution is 2.33. The van der Waals surface area contributed by atoms with Crippen molar-refractivity contribution in [3.05, 3.63) is 40.7 Å². The molecule has 1 aromatic carbocycles. The van der Waals surface area contributed by atoms with Crippen molar-refractivity contribution in [1.29, 1.82) is 0 Å². The largest absolute Gasteiger partial charge is 0.238 e. The fourth-order valence-corrected chi connectivity index (χ4v) is 1.80. The summed E-state index contributed by atoms with van der Waals surface area (Å²) in [4.78, 5) is 3.58. The molecule has 1 rings (SSSR count). The van der Waals surface area contributed by atoms with E-state index in [0.717, 1.165) is 5.69 Å². The molecule has 0 amide bonds. The molecule has 0 spiro atoms. The van der Waals surface area contributed by atoms with Gasteiger partial charge in [-0.2, -0.15) is 0 Å². The minimum Gasteiger partial charge on any atom is -0.238 e. The minimum atomic E-state index is 0.428. The first kappa shape index (κ1) is 10.8. The number of benzene rings is 1. The quantitative estimate of drug-likeness (QED) is 0.601. The van der Waals surface area contributed by atoms with Gasteiger partial charge in [0.1, 0.15) is 0 Å². The molecule has 0 heterocycles. The van der Waals surface area contributed by atoms with Crippen LogP contribution in [0.1, 0.15) is 50.7 Å². The number of hydrogen-bond acceptors (Lipinski definition) is 0. The second kappa shape index (κ2) is 4.28. The lowest BCUT2D eigenvalue weighted by Gasteiger charge is -2.17. The lowest BCUT2D eigenvalue weighted by atomic mass is 9.89. The van der Waals surface area contributed by atoms with Gasteiger partial charge in [-0.1, -0.05) is 51.5 Å². The van der Waals surface area contributed by atoms with E-state index in [9.17, 15) is 0 Å². The topological polar surface area (TPSA) is 4.36 Å². The maximum Gasteiger partial charge on any atom is 0.190 e. The first-order valence-electron chi connectivity index (χ1n) is 5.08. The summed E-state index contributed by atoms with van der Waals surface area (Å²) in [5.74, 6) is 0.923. The van der Waals surface area contributed by atoms with Gasteiger partial charge in [-0.15, -0.1) is 0 Å². The van der Waals surface area contributed by atoms with Gasteiger partial charge in [-0.25, -0.2) is 4.85 Å². The fraction of sp³-hybridized carbons (Fsp3) is 0.462. The Bertz CT molecular complexity index is 356. The Morgan fingerprint density at radius 3 is 2.14 bits per heavy atom. The highest BCUT2D eigenvalue weighted by Gasteiger charge is 2.13. The summed E-state index contributed by atoms with van der Waals surface area (Å²) >= 11 is 0. The molecule has 0 saturated carbocycles. The molecule has 0 aliphatic carbocycles. The van der Waals surface area contributed by atoms with Gasteiger partial charge in [0.05, 0.1) is 6.57 Å². The molecule has 0 saturated heterocycles. The summed E-state index contributed by atoms with van der Waals surface area (Å²) in [6, 6.07) is 6.03. The molecule has 0 aliphatic rings. The normalized spacial score (nSPS) is 10.6. The molecule has 0 N–H and O–H groups in total. The van der Waals surface area contributed by atoms with Crippen molar-refractivity contribution in [2.45, 2.75) is 39.5 Å². The highest BCUT2D eigenvalue weighted by atomic mass is 14.6. The first-order chi connectivity index (χ1) is 6.57. The van der Waals surface area contributed by atoms with Gasteiger partial charge in [0.25, 0.3) is 0 Å². The molecule has 1 heteroatoms. The number of nitrogens with zero attached hydrogens (tertiary/aromatic N) is 1. The molecule has 0 unspecified atom stereocenters. The first-order valence-corrected chi connectivity index (χ1v) is 5.08. The van der Waals surface area contributed by atoms with Crippen LogP contribution in [0.2, 0.25) is 0 Å². The van der Waals surface area contributed by atoms with Crippen molar-refractivity contribution in [3.8, 4) is 0 Å². The van der Waals surface area contributed by atoms with Crippen molar-refractivity contribution in [3.63, 3.8) is 0 Å². The molecule has 74 valence electrons. The highest BCUT2D eigenvalue weighted by molar-refractivity contribution is 5.57. The summed E-state index contributed by atoms with van der Waals surface area (Å²) < 4.78 is 0. The minimum absolute atomic E-state index is 0.428. The van der Waals surface area contributed by atoms with E-state index in [4.69, 9.17) is 6.57 Å². The monoisotopic (exact) mass is 187 g/mol. The molecule has 0 aromatic heterocycles. The Labute approximate surface area is 86.6 Å². The van der Waals surface area contributed by atoms with Crippen LogP contribution < -0.4 is 0 Å². The third-order valence-corrected chi connectivity index (χ3v) is 2.44. The average Bonchev–Trinajstić information content (AvgIpc) is 2.16. The Hall–Kier alpha value is -1.29. The molecule has 0 radical (unpaired) electrons. The predicted molar refractivity (Wildman–Crippen MR) is 60.9 cm³/mol. The molecule has 0 bridgehead atoms. The van der Waals surface area contributed by atoms with Crippen LogP contribution in [0.25, 0.3) is 4.85 Å². The molecule has 1 aromatic rings. The van der Waals surface area contributed by atoms with E-state index in [1.807, 2.05) is 12.1 Å². The third kappa shape index (κ3) is 1.96. The Kier molecular flexibility index (Phi) is 3.30. The second-order valence-corrected chi connectivity index (χ2v) is 4.20. The van der Waals surface area contributed by atoms with E-state index in [1.165, 1.54) is 11.1 Å². The maximum absolute atomic E-state index is 7.14. The predicted octanol–water partition coefficient (Wildman–Crippen LogP) is 4.48. The third-order valence-electron chi connectivity index (χ3n) is 2.44. The van der Waals surface area contributed by atoms with E-state index in [-0.39, 0.29) is 0 Å². The summed E-state index contributed by atoms with van der Waals surface area (Å²) in [6.45, 7) is 15.8. The lowest BCUT2D eigenvalue weighted by molar-refractivity contribution is 0.794. The van der Waals surface area contributed by atoms with Crippen LogP contribution >= 0.6 is 0 Å². The molecule has 0 atom stereocenters. The zero-order valence-electron chi connectivity index (χ0n) is 9.33. The molecular weight excluding hydrogens is 170 g/mol. The van der Waals surface area contributed by atoms with Crippen molar-refractivity contribution in [2.75, 3.05) is 0 Å². The number of rotatable bonds is 2. The van der Waals surface area contributed by atoms with Crippen LogP contribution in [0.3, 0.4) is 0 Å². The van der Waals surface area contributed by atoms with Gasteiger partial charge in [0.2, 0.25) is 0 Å². The van der Waals surface area contributed by atoms with Crippen LogP contribution in [0.5, 0.6) is 0 Å².